The minimum absolute atomic E-state index is 0.325. The molecular formula is C15H23NO2. The lowest BCUT2D eigenvalue weighted by molar-refractivity contribution is -0.129. The van der Waals surface area contributed by atoms with Crippen LogP contribution >= 0.6 is 0 Å². The van der Waals surface area contributed by atoms with Crippen LogP contribution in [0.1, 0.15) is 19.4 Å². The summed E-state index contributed by atoms with van der Waals surface area (Å²) in [5.74, 6) is 1.28. The van der Waals surface area contributed by atoms with Crippen LogP contribution in [0, 0.1) is 12.8 Å². The fourth-order valence-electron chi connectivity index (χ4n) is 2.25. The van der Waals surface area contributed by atoms with Gasteiger partial charge in [-0.25, -0.2) is 0 Å². The monoisotopic (exact) mass is 249 g/mol. The standard InChI is InChI=1S/C15H23NO2/c1-12(2)15(17)10-16(11-15)8-9-18-14-7-5-4-6-13(14)3/h4-7,12,17H,8-11H2,1-3H3. The van der Waals surface area contributed by atoms with Gasteiger partial charge in [0.05, 0.1) is 5.60 Å². The maximum Gasteiger partial charge on any atom is 0.122 e. The Bertz CT molecular complexity index is 397. The molecule has 1 aliphatic heterocycles. The summed E-state index contributed by atoms with van der Waals surface area (Å²) in [5.41, 5.74) is 0.683. The zero-order chi connectivity index (χ0) is 13.2. The highest BCUT2D eigenvalue weighted by atomic mass is 16.5. The van der Waals surface area contributed by atoms with Crippen LogP contribution < -0.4 is 4.74 Å². The summed E-state index contributed by atoms with van der Waals surface area (Å²) in [7, 11) is 0. The quantitative estimate of drug-likeness (QED) is 0.867. The normalized spacial score (nSPS) is 18.7. The van der Waals surface area contributed by atoms with E-state index in [0.717, 1.165) is 25.4 Å². The summed E-state index contributed by atoms with van der Waals surface area (Å²) < 4.78 is 5.75. The van der Waals surface area contributed by atoms with Crippen molar-refractivity contribution in [3.63, 3.8) is 0 Å². The first kappa shape index (κ1) is 13.4. The number of benzene rings is 1. The Morgan fingerprint density at radius 1 is 1.33 bits per heavy atom. The third-order valence-electron chi connectivity index (χ3n) is 3.83. The van der Waals surface area contributed by atoms with E-state index in [9.17, 15) is 5.11 Å². The van der Waals surface area contributed by atoms with Gasteiger partial charge in [0.2, 0.25) is 0 Å². The van der Waals surface area contributed by atoms with E-state index in [1.165, 1.54) is 5.56 Å². The molecule has 0 bridgehead atoms. The molecule has 1 heterocycles. The lowest BCUT2D eigenvalue weighted by Gasteiger charge is -2.49. The second kappa shape index (κ2) is 5.29. The van der Waals surface area contributed by atoms with Crippen molar-refractivity contribution in [1.29, 1.82) is 0 Å². The van der Waals surface area contributed by atoms with Crippen molar-refractivity contribution in [2.45, 2.75) is 26.4 Å². The average Bonchev–Trinajstić information content (AvgIpc) is 2.28. The van der Waals surface area contributed by atoms with Crippen LogP contribution in [0.3, 0.4) is 0 Å². The minimum atomic E-state index is -0.483. The highest BCUT2D eigenvalue weighted by molar-refractivity contribution is 5.31. The van der Waals surface area contributed by atoms with Gasteiger partial charge >= 0.3 is 0 Å². The number of aliphatic hydroxyl groups is 1. The molecule has 0 aromatic heterocycles. The molecule has 1 saturated heterocycles. The van der Waals surface area contributed by atoms with Gasteiger partial charge in [-0.15, -0.1) is 0 Å². The number of likely N-dealkylation sites (tertiary alicyclic amines) is 1. The molecule has 1 aromatic carbocycles. The third-order valence-corrected chi connectivity index (χ3v) is 3.83. The van der Waals surface area contributed by atoms with Crippen molar-refractivity contribution in [3.8, 4) is 5.75 Å². The fraction of sp³-hybridized carbons (Fsp3) is 0.600. The Balaban J connectivity index is 1.71. The second-order valence-electron chi connectivity index (χ2n) is 5.58. The van der Waals surface area contributed by atoms with E-state index in [2.05, 4.69) is 31.7 Å². The maximum atomic E-state index is 10.1. The van der Waals surface area contributed by atoms with Crippen LogP contribution in [-0.2, 0) is 0 Å². The predicted octanol–water partition coefficient (Wildman–Crippen LogP) is 2.08. The molecule has 3 nitrogen and oxygen atoms in total. The Labute approximate surface area is 109 Å². The molecule has 0 radical (unpaired) electrons. The van der Waals surface area contributed by atoms with E-state index in [1.54, 1.807) is 0 Å². The average molecular weight is 249 g/mol. The first-order valence-electron chi connectivity index (χ1n) is 6.64. The smallest absolute Gasteiger partial charge is 0.122 e. The molecule has 0 atom stereocenters. The lowest BCUT2D eigenvalue weighted by Crippen LogP contribution is -2.64. The van der Waals surface area contributed by atoms with E-state index < -0.39 is 5.60 Å². The molecule has 0 aliphatic carbocycles. The van der Waals surface area contributed by atoms with Crippen molar-refractivity contribution in [2.24, 2.45) is 5.92 Å². The van der Waals surface area contributed by atoms with Gasteiger partial charge in [-0.2, -0.15) is 0 Å². The van der Waals surface area contributed by atoms with Crippen molar-refractivity contribution in [2.75, 3.05) is 26.2 Å². The molecule has 2 rings (SSSR count). The van der Waals surface area contributed by atoms with Crippen molar-refractivity contribution >= 4 is 0 Å². The second-order valence-corrected chi connectivity index (χ2v) is 5.58. The molecule has 1 fully saturated rings. The number of hydrogen-bond acceptors (Lipinski definition) is 3. The summed E-state index contributed by atoms with van der Waals surface area (Å²) in [6.07, 6.45) is 0. The van der Waals surface area contributed by atoms with Crippen molar-refractivity contribution in [3.05, 3.63) is 29.8 Å². The van der Waals surface area contributed by atoms with Gasteiger partial charge in [-0.1, -0.05) is 32.0 Å². The lowest BCUT2D eigenvalue weighted by atomic mass is 9.83. The first-order chi connectivity index (χ1) is 8.51. The van der Waals surface area contributed by atoms with Gasteiger partial charge in [-0.3, -0.25) is 4.90 Å². The number of hydrogen-bond donors (Lipinski definition) is 1. The molecule has 1 N–H and O–H groups in total. The van der Waals surface area contributed by atoms with E-state index >= 15 is 0 Å². The van der Waals surface area contributed by atoms with E-state index in [4.69, 9.17) is 4.74 Å². The van der Waals surface area contributed by atoms with Gasteiger partial charge in [-0.05, 0) is 24.5 Å². The van der Waals surface area contributed by atoms with Crippen molar-refractivity contribution < 1.29 is 9.84 Å². The van der Waals surface area contributed by atoms with Crippen molar-refractivity contribution in [1.82, 2.24) is 4.90 Å². The van der Waals surface area contributed by atoms with E-state index in [-0.39, 0.29) is 0 Å². The van der Waals surface area contributed by atoms with Crippen LogP contribution in [0.15, 0.2) is 24.3 Å². The summed E-state index contributed by atoms with van der Waals surface area (Å²) in [4.78, 5) is 2.23. The van der Waals surface area contributed by atoms with Gasteiger partial charge in [0.25, 0.3) is 0 Å². The molecule has 0 amide bonds. The number of nitrogens with zero attached hydrogens (tertiary/aromatic N) is 1. The maximum absolute atomic E-state index is 10.1. The Morgan fingerprint density at radius 3 is 2.61 bits per heavy atom. The zero-order valence-corrected chi connectivity index (χ0v) is 11.5. The predicted molar refractivity (Wildman–Crippen MR) is 72.9 cm³/mol. The van der Waals surface area contributed by atoms with Crippen LogP contribution in [0.25, 0.3) is 0 Å². The van der Waals surface area contributed by atoms with Crippen LogP contribution in [0.5, 0.6) is 5.75 Å². The van der Waals surface area contributed by atoms with Gasteiger partial charge in [0, 0.05) is 19.6 Å². The van der Waals surface area contributed by atoms with Gasteiger partial charge < -0.3 is 9.84 Å². The van der Waals surface area contributed by atoms with Crippen LogP contribution in [-0.4, -0.2) is 41.8 Å². The molecule has 1 aromatic rings. The zero-order valence-electron chi connectivity index (χ0n) is 11.5. The molecule has 3 heteroatoms. The fourth-order valence-corrected chi connectivity index (χ4v) is 2.25. The molecule has 1 aliphatic rings. The Hall–Kier alpha value is -1.06. The number of para-hydroxylation sites is 1. The van der Waals surface area contributed by atoms with Crippen LogP contribution in [0.2, 0.25) is 0 Å². The highest BCUT2D eigenvalue weighted by Gasteiger charge is 2.43. The minimum Gasteiger partial charge on any atom is -0.492 e. The molecule has 18 heavy (non-hydrogen) atoms. The largest absolute Gasteiger partial charge is 0.492 e. The Kier molecular flexibility index (Phi) is 3.93. The van der Waals surface area contributed by atoms with E-state index in [1.807, 2.05) is 18.2 Å². The topological polar surface area (TPSA) is 32.7 Å². The highest BCUT2D eigenvalue weighted by Crippen LogP contribution is 2.28. The molecular weight excluding hydrogens is 226 g/mol. The summed E-state index contributed by atoms with van der Waals surface area (Å²) >= 11 is 0. The summed E-state index contributed by atoms with van der Waals surface area (Å²) in [5, 5.41) is 10.1. The molecule has 0 unspecified atom stereocenters. The summed E-state index contributed by atoms with van der Waals surface area (Å²) in [6, 6.07) is 8.05. The molecule has 0 spiro atoms. The number of aryl methyl sites for hydroxylation is 1. The van der Waals surface area contributed by atoms with Gasteiger partial charge in [0.1, 0.15) is 12.4 Å². The number of ether oxygens (including phenoxy) is 1. The number of β-amino-alcohol motifs (C(OH)–C–C–N with tert-alkyl or cyclic N) is 1. The number of rotatable bonds is 5. The SMILES string of the molecule is Cc1ccccc1OCCN1CC(O)(C(C)C)C1. The van der Waals surface area contributed by atoms with Crippen LogP contribution in [0.4, 0.5) is 0 Å². The first-order valence-corrected chi connectivity index (χ1v) is 6.64. The van der Waals surface area contributed by atoms with E-state index in [0.29, 0.717) is 12.5 Å². The molecule has 0 saturated carbocycles. The molecule has 100 valence electrons. The third kappa shape index (κ3) is 2.85. The summed E-state index contributed by atoms with van der Waals surface area (Å²) in [6.45, 7) is 9.28. The van der Waals surface area contributed by atoms with Gasteiger partial charge in [0.15, 0.2) is 0 Å². The Morgan fingerprint density at radius 2 is 2.00 bits per heavy atom.